The molecule has 0 amide bonds. The summed E-state index contributed by atoms with van der Waals surface area (Å²) in [5, 5.41) is -0.372. The molecule has 1 aromatic heterocycles. The predicted octanol–water partition coefficient (Wildman–Crippen LogP) is 2.44. The Bertz CT molecular complexity index is 695. The summed E-state index contributed by atoms with van der Waals surface area (Å²) in [6.45, 7) is 0. The molecule has 1 aromatic carbocycles. The predicted molar refractivity (Wildman–Crippen MR) is 68.1 cm³/mol. The van der Waals surface area contributed by atoms with Crippen LogP contribution >= 0.6 is 11.6 Å². The standard InChI is InChI=1S/C12H8ClF2N3O2/c1-20-12(19)7-4-8(16)18-11(17-7)5-2-3-6(13)10(15)9(5)14/h2-4H,1H3,(H2,16,17,18). The molecule has 2 aromatic rings. The molecule has 0 aliphatic rings. The number of nitrogen functional groups attached to an aromatic ring is 1. The Labute approximate surface area is 117 Å². The summed E-state index contributed by atoms with van der Waals surface area (Å²) in [4.78, 5) is 19.0. The van der Waals surface area contributed by atoms with Crippen LogP contribution in [0.25, 0.3) is 11.4 Å². The van der Waals surface area contributed by atoms with Crippen molar-refractivity contribution in [2.45, 2.75) is 0 Å². The van der Waals surface area contributed by atoms with Crippen LogP contribution in [-0.2, 0) is 4.74 Å². The highest BCUT2D eigenvalue weighted by Gasteiger charge is 2.18. The third kappa shape index (κ3) is 2.53. The number of esters is 1. The molecule has 0 aliphatic carbocycles. The van der Waals surface area contributed by atoms with Gasteiger partial charge >= 0.3 is 5.97 Å². The SMILES string of the molecule is COC(=O)c1cc(N)nc(-c2ccc(Cl)c(F)c2F)n1. The monoisotopic (exact) mass is 299 g/mol. The fraction of sp³-hybridized carbons (Fsp3) is 0.0833. The van der Waals surface area contributed by atoms with E-state index in [4.69, 9.17) is 17.3 Å². The van der Waals surface area contributed by atoms with Crippen molar-refractivity contribution in [3.8, 4) is 11.4 Å². The molecule has 0 radical (unpaired) electrons. The van der Waals surface area contributed by atoms with Gasteiger partial charge in [0.2, 0.25) is 0 Å². The second-order valence-electron chi connectivity index (χ2n) is 3.72. The molecule has 2 rings (SSSR count). The first-order valence-corrected chi connectivity index (χ1v) is 5.68. The van der Waals surface area contributed by atoms with Gasteiger partial charge in [0.1, 0.15) is 5.82 Å². The van der Waals surface area contributed by atoms with Gasteiger partial charge in [-0.1, -0.05) is 11.6 Å². The maximum atomic E-state index is 13.8. The number of methoxy groups -OCH3 is 1. The number of carbonyl (C=O) groups is 1. The highest BCUT2D eigenvalue weighted by atomic mass is 35.5. The first-order valence-electron chi connectivity index (χ1n) is 5.30. The number of hydrogen-bond acceptors (Lipinski definition) is 5. The number of rotatable bonds is 2. The van der Waals surface area contributed by atoms with Gasteiger partial charge < -0.3 is 10.5 Å². The van der Waals surface area contributed by atoms with E-state index in [2.05, 4.69) is 14.7 Å². The minimum absolute atomic E-state index is 0.0786. The van der Waals surface area contributed by atoms with Crippen molar-refractivity contribution in [2.24, 2.45) is 0 Å². The second-order valence-corrected chi connectivity index (χ2v) is 4.12. The van der Waals surface area contributed by atoms with Gasteiger partial charge in [-0.15, -0.1) is 0 Å². The van der Waals surface area contributed by atoms with E-state index in [0.29, 0.717) is 0 Å². The molecular formula is C12H8ClF2N3O2. The summed E-state index contributed by atoms with van der Waals surface area (Å²) in [6.07, 6.45) is 0. The molecule has 0 fully saturated rings. The fourth-order valence-electron chi connectivity index (χ4n) is 1.49. The number of nitrogens with two attached hydrogens (primary N) is 1. The summed E-state index contributed by atoms with van der Waals surface area (Å²) in [5.41, 5.74) is 5.08. The zero-order chi connectivity index (χ0) is 14.9. The lowest BCUT2D eigenvalue weighted by Crippen LogP contribution is -2.08. The molecule has 104 valence electrons. The minimum atomic E-state index is -1.23. The number of anilines is 1. The van der Waals surface area contributed by atoms with Crippen molar-refractivity contribution in [1.82, 2.24) is 9.97 Å². The molecule has 0 aliphatic heterocycles. The molecule has 1 heterocycles. The molecule has 0 saturated heterocycles. The molecule has 5 nitrogen and oxygen atoms in total. The summed E-state index contributed by atoms with van der Waals surface area (Å²) < 4.78 is 31.7. The first kappa shape index (κ1) is 14.1. The van der Waals surface area contributed by atoms with E-state index in [9.17, 15) is 13.6 Å². The van der Waals surface area contributed by atoms with E-state index in [-0.39, 0.29) is 27.9 Å². The van der Waals surface area contributed by atoms with Crippen molar-refractivity contribution in [3.63, 3.8) is 0 Å². The van der Waals surface area contributed by atoms with Crippen LogP contribution in [0.3, 0.4) is 0 Å². The largest absolute Gasteiger partial charge is 0.464 e. The van der Waals surface area contributed by atoms with Gasteiger partial charge in [0.15, 0.2) is 23.2 Å². The normalized spacial score (nSPS) is 10.4. The van der Waals surface area contributed by atoms with Crippen LogP contribution in [0.5, 0.6) is 0 Å². The number of carbonyl (C=O) groups excluding carboxylic acids is 1. The Morgan fingerprint density at radius 3 is 2.65 bits per heavy atom. The number of ether oxygens (including phenoxy) is 1. The van der Waals surface area contributed by atoms with Crippen LogP contribution in [0.2, 0.25) is 5.02 Å². The molecule has 8 heteroatoms. The van der Waals surface area contributed by atoms with Gasteiger partial charge in [-0.2, -0.15) is 0 Å². The zero-order valence-electron chi connectivity index (χ0n) is 10.2. The molecular weight excluding hydrogens is 292 g/mol. The lowest BCUT2D eigenvalue weighted by atomic mass is 10.2. The Morgan fingerprint density at radius 1 is 1.30 bits per heavy atom. The molecule has 0 saturated carbocycles. The van der Waals surface area contributed by atoms with Crippen molar-refractivity contribution >= 4 is 23.4 Å². The third-order valence-corrected chi connectivity index (χ3v) is 2.71. The van der Waals surface area contributed by atoms with Crippen LogP contribution in [0.4, 0.5) is 14.6 Å². The molecule has 20 heavy (non-hydrogen) atoms. The highest BCUT2D eigenvalue weighted by molar-refractivity contribution is 6.30. The van der Waals surface area contributed by atoms with Crippen LogP contribution in [0, 0.1) is 11.6 Å². The zero-order valence-corrected chi connectivity index (χ0v) is 10.9. The van der Waals surface area contributed by atoms with E-state index in [1.54, 1.807) is 0 Å². The topological polar surface area (TPSA) is 78.1 Å². The maximum Gasteiger partial charge on any atom is 0.356 e. The number of aromatic nitrogens is 2. The molecule has 0 unspecified atom stereocenters. The van der Waals surface area contributed by atoms with E-state index in [1.807, 2.05) is 0 Å². The van der Waals surface area contributed by atoms with Crippen molar-refractivity contribution in [2.75, 3.05) is 12.8 Å². The summed E-state index contributed by atoms with van der Waals surface area (Å²) in [7, 11) is 1.16. The Morgan fingerprint density at radius 2 is 2.00 bits per heavy atom. The van der Waals surface area contributed by atoms with Crippen LogP contribution < -0.4 is 5.73 Å². The third-order valence-electron chi connectivity index (χ3n) is 2.42. The van der Waals surface area contributed by atoms with Crippen molar-refractivity contribution in [3.05, 3.63) is 40.6 Å². The van der Waals surface area contributed by atoms with Crippen molar-refractivity contribution < 1.29 is 18.3 Å². The van der Waals surface area contributed by atoms with Gasteiger partial charge in [-0.05, 0) is 12.1 Å². The number of nitrogens with zero attached hydrogens (tertiary/aromatic N) is 2. The Kier molecular flexibility index (Phi) is 3.80. The van der Waals surface area contributed by atoms with E-state index < -0.39 is 17.6 Å². The molecule has 0 spiro atoms. The fourth-order valence-corrected chi connectivity index (χ4v) is 1.64. The number of benzene rings is 1. The Hall–Kier alpha value is -2.28. The van der Waals surface area contributed by atoms with Crippen molar-refractivity contribution in [1.29, 1.82) is 0 Å². The molecule has 0 atom stereocenters. The summed E-state index contributed by atoms with van der Waals surface area (Å²) in [5.74, 6) is -3.53. The van der Waals surface area contributed by atoms with Gasteiger partial charge in [0.05, 0.1) is 17.7 Å². The van der Waals surface area contributed by atoms with E-state index >= 15 is 0 Å². The number of halogens is 3. The minimum Gasteiger partial charge on any atom is -0.464 e. The van der Waals surface area contributed by atoms with E-state index in [1.165, 1.54) is 12.1 Å². The lowest BCUT2D eigenvalue weighted by molar-refractivity contribution is 0.0594. The van der Waals surface area contributed by atoms with Crippen LogP contribution in [0.1, 0.15) is 10.5 Å². The molecule has 2 N–H and O–H groups in total. The highest BCUT2D eigenvalue weighted by Crippen LogP contribution is 2.27. The number of hydrogen-bond donors (Lipinski definition) is 1. The van der Waals surface area contributed by atoms with Gasteiger partial charge in [-0.3, -0.25) is 0 Å². The van der Waals surface area contributed by atoms with Crippen LogP contribution in [0.15, 0.2) is 18.2 Å². The first-order chi connectivity index (χ1) is 9.43. The quantitative estimate of drug-likeness (QED) is 0.680. The average Bonchev–Trinajstić information content (AvgIpc) is 2.43. The van der Waals surface area contributed by atoms with E-state index in [0.717, 1.165) is 13.2 Å². The summed E-state index contributed by atoms with van der Waals surface area (Å²) >= 11 is 5.45. The second kappa shape index (κ2) is 5.38. The van der Waals surface area contributed by atoms with Gasteiger partial charge in [-0.25, -0.2) is 23.5 Å². The Balaban J connectivity index is 2.61. The lowest BCUT2D eigenvalue weighted by Gasteiger charge is -2.06. The summed E-state index contributed by atoms with van der Waals surface area (Å²) in [6, 6.07) is 3.51. The van der Waals surface area contributed by atoms with Crippen LogP contribution in [-0.4, -0.2) is 23.0 Å². The average molecular weight is 300 g/mol. The molecule has 0 bridgehead atoms. The maximum absolute atomic E-state index is 13.8. The van der Waals surface area contributed by atoms with Gasteiger partial charge in [0.25, 0.3) is 0 Å². The van der Waals surface area contributed by atoms with Gasteiger partial charge in [0, 0.05) is 6.07 Å². The smallest absolute Gasteiger partial charge is 0.356 e.